The van der Waals surface area contributed by atoms with Crippen LogP contribution in [-0.2, 0) is 0 Å². The Hall–Kier alpha value is -7.42. The zero-order valence-corrected chi connectivity index (χ0v) is 30.7. The van der Waals surface area contributed by atoms with Crippen LogP contribution < -0.4 is 0 Å². The molecule has 0 saturated heterocycles. The van der Waals surface area contributed by atoms with Crippen molar-refractivity contribution in [2.75, 3.05) is 0 Å². The van der Waals surface area contributed by atoms with Crippen LogP contribution in [0.4, 0.5) is 0 Å². The predicted molar refractivity (Wildman–Crippen MR) is 237 cm³/mol. The molecule has 0 aliphatic heterocycles. The lowest BCUT2D eigenvalue weighted by Gasteiger charge is -2.14. The third-order valence-electron chi connectivity index (χ3n) is 11.3. The Kier molecular flexibility index (Phi) is 7.53. The van der Waals surface area contributed by atoms with Gasteiger partial charge in [-0.3, -0.25) is 0 Å². The fraction of sp³-hybridized carbons (Fsp3) is 0. The Bertz CT molecular complexity index is 3130. The van der Waals surface area contributed by atoms with Gasteiger partial charge in [-0.15, -0.1) is 0 Å². The van der Waals surface area contributed by atoms with Crippen LogP contribution in [0.25, 0.3) is 99.5 Å². The Labute approximate surface area is 325 Å². The second-order valence-corrected chi connectivity index (χ2v) is 14.5. The Morgan fingerprint density at radius 3 is 1.00 bits per heavy atom. The van der Waals surface area contributed by atoms with Crippen molar-refractivity contribution in [1.82, 2.24) is 9.13 Å². The van der Waals surface area contributed by atoms with Gasteiger partial charge in [0.15, 0.2) is 0 Å². The molecule has 0 N–H and O–H groups in total. The third-order valence-corrected chi connectivity index (χ3v) is 11.3. The van der Waals surface area contributed by atoms with Gasteiger partial charge in [-0.25, -0.2) is 0 Å². The first-order chi connectivity index (χ1) is 27.8. The normalized spacial score (nSPS) is 11.6. The van der Waals surface area contributed by atoms with Gasteiger partial charge in [0.1, 0.15) is 0 Å². The molecule has 0 aliphatic carbocycles. The second kappa shape index (κ2) is 13.2. The number of hydrogen-bond acceptors (Lipinski definition) is 0. The number of aromatic nitrogens is 2. The molecule has 262 valence electrons. The van der Waals surface area contributed by atoms with Crippen molar-refractivity contribution < 1.29 is 0 Å². The highest BCUT2D eigenvalue weighted by molar-refractivity contribution is 6.29. The monoisotopic (exact) mass is 712 g/mol. The van der Waals surface area contributed by atoms with Crippen LogP contribution in [0.3, 0.4) is 0 Å². The number of rotatable bonds is 6. The predicted octanol–water partition coefficient (Wildman–Crippen LogP) is 14.5. The number of hydrogen-bond donors (Lipinski definition) is 0. The summed E-state index contributed by atoms with van der Waals surface area (Å²) in [5.41, 5.74) is 16.7. The maximum Gasteiger partial charge on any atom is 0.0548 e. The van der Waals surface area contributed by atoms with Crippen molar-refractivity contribution in [2.45, 2.75) is 0 Å². The van der Waals surface area contributed by atoms with Crippen molar-refractivity contribution in [3.05, 3.63) is 218 Å². The Morgan fingerprint density at radius 2 is 0.554 bits per heavy atom. The molecule has 0 radical (unpaired) electrons. The molecule has 9 aromatic carbocycles. The molecule has 0 fully saturated rings. The smallest absolute Gasteiger partial charge is 0.0548 e. The highest BCUT2D eigenvalue weighted by Gasteiger charge is 2.21. The SMILES string of the molecule is c1ccc(-c2ccc(-c3ccc(-n4c5ccccc5c5c6c7ccccc7n(-c7cc(-c8ccccc8)cc(-c8ccccc8)c7)c6ccc54)cc3)cc2)cc1. The summed E-state index contributed by atoms with van der Waals surface area (Å²) in [5, 5.41) is 5.04. The van der Waals surface area contributed by atoms with E-state index in [9.17, 15) is 0 Å². The largest absolute Gasteiger partial charge is 0.309 e. The van der Waals surface area contributed by atoms with Crippen LogP contribution in [0, 0.1) is 0 Å². The van der Waals surface area contributed by atoms with Crippen molar-refractivity contribution in [1.29, 1.82) is 0 Å². The number of nitrogens with zero attached hydrogens (tertiary/aromatic N) is 2. The van der Waals surface area contributed by atoms with E-state index in [2.05, 4.69) is 228 Å². The van der Waals surface area contributed by atoms with Gasteiger partial charge in [0.2, 0.25) is 0 Å². The van der Waals surface area contributed by atoms with Gasteiger partial charge < -0.3 is 9.13 Å². The van der Waals surface area contributed by atoms with E-state index >= 15 is 0 Å². The fourth-order valence-electron chi connectivity index (χ4n) is 8.70. The molecule has 11 rings (SSSR count). The molecule has 0 unspecified atom stereocenters. The summed E-state index contributed by atoms with van der Waals surface area (Å²) in [4.78, 5) is 0. The van der Waals surface area contributed by atoms with Crippen LogP contribution in [0.5, 0.6) is 0 Å². The van der Waals surface area contributed by atoms with Gasteiger partial charge in [0.25, 0.3) is 0 Å². The molecule has 2 heteroatoms. The van der Waals surface area contributed by atoms with Crippen LogP contribution in [0.15, 0.2) is 218 Å². The van der Waals surface area contributed by atoms with E-state index < -0.39 is 0 Å². The lowest BCUT2D eigenvalue weighted by molar-refractivity contribution is 1.17. The topological polar surface area (TPSA) is 9.86 Å². The summed E-state index contributed by atoms with van der Waals surface area (Å²) < 4.78 is 4.90. The second-order valence-electron chi connectivity index (χ2n) is 14.5. The molecular formula is C54H36N2. The average Bonchev–Trinajstić information content (AvgIpc) is 3.80. The van der Waals surface area contributed by atoms with E-state index in [-0.39, 0.29) is 0 Å². The molecule has 2 heterocycles. The minimum atomic E-state index is 1.15. The van der Waals surface area contributed by atoms with Crippen LogP contribution in [0.1, 0.15) is 0 Å². The molecule has 2 aromatic heterocycles. The maximum absolute atomic E-state index is 2.47. The molecule has 56 heavy (non-hydrogen) atoms. The minimum Gasteiger partial charge on any atom is -0.309 e. The first kappa shape index (κ1) is 32.0. The van der Waals surface area contributed by atoms with Crippen LogP contribution >= 0.6 is 0 Å². The molecular weight excluding hydrogens is 677 g/mol. The summed E-state index contributed by atoms with van der Waals surface area (Å²) in [6.07, 6.45) is 0. The quantitative estimate of drug-likeness (QED) is 0.162. The Morgan fingerprint density at radius 1 is 0.214 bits per heavy atom. The standard InChI is InChI=1S/C54H36N2/c1-4-14-37(15-5-1)40-24-26-41(27-25-40)42-28-30-45(31-29-42)55-49-22-12-10-20-47(49)53-51(55)32-33-52-54(53)48-21-11-13-23-50(48)56(52)46-35-43(38-16-6-2-7-17-38)34-44(36-46)39-18-8-3-9-19-39/h1-36H. The average molecular weight is 713 g/mol. The fourth-order valence-corrected chi connectivity index (χ4v) is 8.70. The first-order valence-corrected chi connectivity index (χ1v) is 19.3. The maximum atomic E-state index is 2.47. The van der Waals surface area contributed by atoms with E-state index in [0.29, 0.717) is 0 Å². The summed E-state index contributed by atoms with van der Waals surface area (Å²) >= 11 is 0. The molecule has 0 aliphatic rings. The van der Waals surface area contributed by atoms with Gasteiger partial charge in [0.05, 0.1) is 22.1 Å². The summed E-state index contributed by atoms with van der Waals surface area (Å²) in [7, 11) is 0. The van der Waals surface area contributed by atoms with E-state index in [1.54, 1.807) is 0 Å². The Balaban J connectivity index is 1.10. The zero-order chi connectivity index (χ0) is 37.0. The van der Waals surface area contributed by atoms with Crippen LogP contribution in [0.2, 0.25) is 0 Å². The van der Waals surface area contributed by atoms with Gasteiger partial charge in [-0.05, 0) is 99.1 Å². The van der Waals surface area contributed by atoms with Gasteiger partial charge in [-0.2, -0.15) is 0 Å². The first-order valence-electron chi connectivity index (χ1n) is 19.3. The van der Waals surface area contributed by atoms with Crippen LogP contribution in [-0.4, -0.2) is 9.13 Å². The zero-order valence-electron chi connectivity index (χ0n) is 30.7. The van der Waals surface area contributed by atoms with E-state index in [1.807, 2.05) is 0 Å². The molecule has 0 bridgehead atoms. The third kappa shape index (κ3) is 5.26. The molecule has 0 spiro atoms. The van der Waals surface area contributed by atoms with E-state index in [1.165, 1.54) is 88.1 Å². The lowest BCUT2D eigenvalue weighted by Crippen LogP contribution is -1.96. The van der Waals surface area contributed by atoms with E-state index in [4.69, 9.17) is 0 Å². The van der Waals surface area contributed by atoms with Gasteiger partial charge >= 0.3 is 0 Å². The van der Waals surface area contributed by atoms with Crippen molar-refractivity contribution >= 4 is 43.6 Å². The highest BCUT2D eigenvalue weighted by Crippen LogP contribution is 2.43. The minimum absolute atomic E-state index is 1.15. The lowest BCUT2D eigenvalue weighted by atomic mass is 9.98. The van der Waals surface area contributed by atoms with Crippen molar-refractivity contribution in [3.8, 4) is 55.9 Å². The summed E-state index contributed by atoms with van der Waals surface area (Å²) in [6, 6.07) is 79.3. The summed E-state index contributed by atoms with van der Waals surface area (Å²) in [6.45, 7) is 0. The molecule has 2 nitrogen and oxygen atoms in total. The molecule has 0 amide bonds. The molecule has 0 atom stereocenters. The number of fused-ring (bicyclic) bond motifs is 7. The van der Waals surface area contributed by atoms with Gasteiger partial charge in [-0.1, -0.05) is 164 Å². The number of para-hydroxylation sites is 2. The highest BCUT2D eigenvalue weighted by atomic mass is 15.0. The van der Waals surface area contributed by atoms with Crippen molar-refractivity contribution in [2.24, 2.45) is 0 Å². The van der Waals surface area contributed by atoms with Crippen molar-refractivity contribution in [3.63, 3.8) is 0 Å². The number of benzene rings is 9. The molecule has 0 saturated carbocycles. The molecule has 11 aromatic rings. The van der Waals surface area contributed by atoms with E-state index in [0.717, 1.165) is 11.4 Å². The van der Waals surface area contributed by atoms with Gasteiger partial charge in [0, 0.05) is 32.9 Å². The summed E-state index contributed by atoms with van der Waals surface area (Å²) in [5.74, 6) is 0.